The van der Waals surface area contributed by atoms with E-state index in [-0.39, 0.29) is 5.11 Å². The molecular formula is C23H16BrCl2N3O2S2. The predicted molar refractivity (Wildman–Crippen MR) is 144 cm³/mol. The van der Waals surface area contributed by atoms with Crippen molar-refractivity contribution in [3.05, 3.63) is 74.2 Å². The van der Waals surface area contributed by atoms with Crippen LogP contribution in [0.3, 0.4) is 0 Å². The van der Waals surface area contributed by atoms with Gasteiger partial charge >= 0.3 is 0 Å². The van der Waals surface area contributed by atoms with Crippen molar-refractivity contribution in [3.8, 4) is 16.3 Å². The number of methoxy groups -OCH3 is 1. The Hall–Kier alpha value is -2.23. The number of thiocarbonyl (C=S) groups is 1. The molecule has 4 rings (SSSR count). The molecule has 0 aliphatic carbocycles. The lowest BCUT2D eigenvalue weighted by Crippen LogP contribution is -2.34. The summed E-state index contributed by atoms with van der Waals surface area (Å²) in [6.45, 7) is 1.86. The zero-order valence-corrected chi connectivity index (χ0v) is 22.1. The van der Waals surface area contributed by atoms with Gasteiger partial charge in [0.25, 0.3) is 5.91 Å². The average Bonchev–Trinajstić information content (AvgIpc) is 3.19. The van der Waals surface area contributed by atoms with Gasteiger partial charge < -0.3 is 10.1 Å². The number of ether oxygens (including phenoxy) is 1. The van der Waals surface area contributed by atoms with Crippen LogP contribution in [-0.4, -0.2) is 23.1 Å². The van der Waals surface area contributed by atoms with Crippen molar-refractivity contribution in [3.63, 3.8) is 0 Å². The second-order valence-corrected chi connectivity index (χ2v) is 10.2. The Kier molecular flexibility index (Phi) is 7.21. The highest BCUT2D eigenvalue weighted by molar-refractivity contribution is 9.10. The molecule has 0 aliphatic heterocycles. The van der Waals surface area contributed by atoms with Crippen LogP contribution in [0, 0.1) is 6.92 Å². The SMILES string of the molecule is COc1c(C)cc(Br)cc1C(=O)NC(=S)Nc1cc(-c2nc3ccccc3s2)c(Cl)cc1Cl. The quantitative estimate of drug-likeness (QED) is 0.245. The summed E-state index contributed by atoms with van der Waals surface area (Å²) < 4.78 is 7.19. The van der Waals surface area contributed by atoms with Crippen molar-refractivity contribution in [2.24, 2.45) is 0 Å². The van der Waals surface area contributed by atoms with E-state index in [1.165, 1.54) is 18.4 Å². The number of thiazole rings is 1. The molecule has 0 bridgehead atoms. The Balaban J connectivity index is 1.59. The Morgan fingerprint density at radius 1 is 1.15 bits per heavy atom. The van der Waals surface area contributed by atoms with Gasteiger partial charge in [-0.25, -0.2) is 4.98 Å². The zero-order chi connectivity index (χ0) is 23.7. The molecule has 2 N–H and O–H groups in total. The highest BCUT2D eigenvalue weighted by Crippen LogP contribution is 2.39. The number of fused-ring (bicyclic) bond motifs is 1. The van der Waals surface area contributed by atoms with E-state index in [4.69, 9.17) is 40.2 Å². The van der Waals surface area contributed by atoms with E-state index in [0.717, 1.165) is 25.3 Å². The number of nitrogens with zero attached hydrogens (tertiary/aromatic N) is 1. The zero-order valence-electron chi connectivity index (χ0n) is 17.3. The maximum Gasteiger partial charge on any atom is 0.261 e. The van der Waals surface area contributed by atoms with Crippen molar-refractivity contribution in [1.29, 1.82) is 0 Å². The Bertz CT molecular complexity index is 1380. The number of rotatable bonds is 4. The van der Waals surface area contributed by atoms with Crippen molar-refractivity contribution in [2.45, 2.75) is 6.92 Å². The molecule has 0 saturated heterocycles. The Morgan fingerprint density at radius 3 is 2.64 bits per heavy atom. The van der Waals surface area contributed by atoms with Gasteiger partial charge in [0.2, 0.25) is 0 Å². The molecular weight excluding hydrogens is 565 g/mol. The lowest BCUT2D eigenvalue weighted by Gasteiger charge is -2.15. The van der Waals surface area contributed by atoms with Crippen molar-refractivity contribution in [2.75, 3.05) is 12.4 Å². The van der Waals surface area contributed by atoms with Crippen LogP contribution < -0.4 is 15.4 Å². The minimum Gasteiger partial charge on any atom is -0.496 e. The van der Waals surface area contributed by atoms with Crippen molar-refractivity contribution in [1.82, 2.24) is 10.3 Å². The molecule has 0 aliphatic rings. The lowest BCUT2D eigenvalue weighted by atomic mass is 10.1. The van der Waals surface area contributed by atoms with Crippen LogP contribution in [0.5, 0.6) is 5.75 Å². The highest BCUT2D eigenvalue weighted by Gasteiger charge is 2.18. The smallest absolute Gasteiger partial charge is 0.261 e. The fraction of sp³-hybridized carbons (Fsp3) is 0.0870. The molecule has 5 nitrogen and oxygen atoms in total. The predicted octanol–water partition coefficient (Wildman–Crippen LogP) is 7.48. The average molecular weight is 581 g/mol. The van der Waals surface area contributed by atoms with Gasteiger partial charge in [0, 0.05) is 10.0 Å². The summed E-state index contributed by atoms with van der Waals surface area (Å²) in [5.74, 6) is 0.0615. The van der Waals surface area contributed by atoms with E-state index in [1.54, 1.807) is 18.2 Å². The van der Waals surface area contributed by atoms with Gasteiger partial charge in [-0.15, -0.1) is 11.3 Å². The monoisotopic (exact) mass is 579 g/mol. The van der Waals surface area contributed by atoms with Crippen LogP contribution in [0.2, 0.25) is 10.0 Å². The minimum atomic E-state index is -0.412. The molecule has 168 valence electrons. The van der Waals surface area contributed by atoms with Crippen LogP contribution in [0.15, 0.2) is 53.0 Å². The number of para-hydroxylation sites is 1. The first-order valence-electron chi connectivity index (χ1n) is 9.58. The van der Waals surface area contributed by atoms with E-state index in [1.807, 2.05) is 37.3 Å². The second kappa shape index (κ2) is 9.95. The number of hydrogen-bond acceptors (Lipinski definition) is 5. The van der Waals surface area contributed by atoms with E-state index < -0.39 is 5.91 Å². The van der Waals surface area contributed by atoms with E-state index in [2.05, 4.69) is 31.5 Å². The number of carbonyl (C=O) groups is 1. The first kappa shape index (κ1) is 23.9. The molecule has 33 heavy (non-hydrogen) atoms. The van der Waals surface area contributed by atoms with Gasteiger partial charge in [0.05, 0.1) is 38.6 Å². The molecule has 1 amide bonds. The number of aryl methyl sites for hydroxylation is 1. The molecule has 3 aromatic carbocycles. The first-order valence-corrected chi connectivity index (χ1v) is 12.4. The van der Waals surface area contributed by atoms with Gasteiger partial charge in [0.15, 0.2) is 5.11 Å². The molecule has 1 aromatic heterocycles. The van der Waals surface area contributed by atoms with Crippen LogP contribution in [0.4, 0.5) is 5.69 Å². The summed E-state index contributed by atoms with van der Waals surface area (Å²) in [4.78, 5) is 17.5. The summed E-state index contributed by atoms with van der Waals surface area (Å²) in [5.41, 5.74) is 3.27. The lowest BCUT2D eigenvalue weighted by molar-refractivity contribution is 0.0974. The molecule has 4 aromatic rings. The van der Waals surface area contributed by atoms with Crippen LogP contribution in [0.1, 0.15) is 15.9 Å². The third-order valence-electron chi connectivity index (χ3n) is 4.74. The van der Waals surface area contributed by atoms with E-state index in [9.17, 15) is 4.79 Å². The van der Waals surface area contributed by atoms with Gasteiger partial charge in [-0.3, -0.25) is 10.1 Å². The Morgan fingerprint density at radius 2 is 1.91 bits per heavy atom. The van der Waals surface area contributed by atoms with Crippen LogP contribution in [-0.2, 0) is 0 Å². The molecule has 1 heterocycles. The number of nitrogens with one attached hydrogen (secondary N) is 2. The normalized spacial score (nSPS) is 10.8. The fourth-order valence-electron chi connectivity index (χ4n) is 3.29. The third-order valence-corrected chi connectivity index (χ3v) is 7.10. The molecule has 0 saturated carbocycles. The van der Waals surface area contributed by atoms with Crippen molar-refractivity contribution < 1.29 is 9.53 Å². The number of hydrogen-bond donors (Lipinski definition) is 2. The standard InChI is InChI=1S/C23H16BrCl2N3O2S2/c1-11-7-12(24)8-14(20(11)31-2)21(30)29-23(32)28-18-9-13(15(25)10-16(18)26)22-27-17-5-3-4-6-19(17)33-22/h3-10H,1-2H3,(H2,28,29,30,32). The molecule has 0 atom stereocenters. The number of aromatic nitrogens is 1. The van der Waals surface area contributed by atoms with E-state index in [0.29, 0.717) is 32.6 Å². The van der Waals surface area contributed by atoms with Crippen molar-refractivity contribution >= 4 is 89.6 Å². The maximum atomic E-state index is 12.9. The van der Waals surface area contributed by atoms with Crippen LogP contribution in [0.25, 0.3) is 20.8 Å². The largest absolute Gasteiger partial charge is 0.496 e. The maximum absolute atomic E-state index is 12.9. The summed E-state index contributed by atoms with van der Waals surface area (Å²) in [7, 11) is 1.51. The Labute approximate surface area is 218 Å². The number of carbonyl (C=O) groups excluding carboxylic acids is 1. The van der Waals surface area contributed by atoms with Crippen LogP contribution >= 0.6 is 62.7 Å². The number of amides is 1. The fourth-order valence-corrected chi connectivity index (χ4v) is 5.64. The van der Waals surface area contributed by atoms with Gasteiger partial charge in [-0.1, -0.05) is 51.3 Å². The molecule has 0 spiro atoms. The van der Waals surface area contributed by atoms with Gasteiger partial charge in [-0.05, 0) is 61.1 Å². The topological polar surface area (TPSA) is 63.2 Å². The highest BCUT2D eigenvalue weighted by atomic mass is 79.9. The van der Waals surface area contributed by atoms with E-state index >= 15 is 0 Å². The molecule has 0 radical (unpaired) electrons. The molecule has 10 heteroatoms. The summed E-state index contributed by atoms with van der Waals surface area (Å²) in [6.07, 6.45) is 0. The number of halogens is 3. The molecule has 0 fully saturated rings. The minimum absolute atomic E-state index is 0.0825. The van der Waals surface area contributed by atoms with Gasteiger partial charge in [-0.2, -0.15) is 0 Å². The third kappa shape index (κ3) is 5.15. The first-order chi connectivity index (χ1) is 15.8. The molecule has 0 unspecified atom stereocenters. The number of benzene rings is 3. The summed E-state index contributed by atoms with van der Waals surface area (Å²) in [6, 6.07) is 14.8. The van der Waals surface area contributed by atoms with Gasteiger partial charge in [0.1, 0.15) is 10.8 Å². The summed E-state index contributed by atoms with van der Waals surface area (Å²) in [5, 5.41) is 7.32. The summed E-state index contributed by atoms with van der Waals surface area (Å²) >= 11 is 23.1. The number of anilines is 1. The second-order valence-electron chi connectivity index (χ2n) is 7.01.